The van der Waals surface area contributed by atoms with Crippen molar-refractivity contribution in [2.75, 3.05) is 6.54 Å². The van der Waals surface area contributed by atoms with Crippen molar-refractivity contribution in [1.82, 2.24) is 5.32 Å². The van der Waals surface area contributed by atoms with E-state index in [4.69, 9.17) is 10.5 Å². The molecule has 0 heterocycles. The number of unbranched alkanes of at least 4 members (excludes halogenated alkanes) is 13. The first-order chi connectivity index (χ1) is 25.9. The number of nitrogens with two attached hydrogens (primary N) is 1. The summed E-state index contributed by atoms with van der Waals surface area (Å²) in [7, 11) is 0. The maximum atomic E-state index is 12.7. The van der Waals surface area contributed by atoms with E-state index in [2.05, 4.69) is 92.1 Å². The summed E-state index contributed by atoms with van der Waals surface area (Å²) in [6, 6.07) is -0.860. The molecule has 0 bridgehead atoms. The Bertz CT molecular complexity index is 1060. The third kappa shape index (κ3) is 36.9. The number of rotatable bonds is 37. The van der Waals surface area contributed by atoms with E-state index in [0.29, 0.717) is 32.2 Å². The molecule has 302 valence electrons. The van der Waals surface area contributed by atoms with Gasteiger partial charge in [-0.05, 0) is 109 Å². The van der Waals surface area contributed by atoms with Crippen LogP contribution in [0.5, 0.6) is 0 Å². The fourth-order valence-electron chi connectivity index (χ4n) is 5.80. The Balaban J connectivity index is 4.37. The molecule has 4 N–H and O–H groups in total. The summed E-state index contributed by atoms with van der Waals surface area (Å²) in [6.45, 7) is 4.79. The van der Waals surface area contributed by atoms with E-state index in [1.54, 1.807) is 0 Å². The predicted molar refractivity (Wildman–Crippen MR) is 225 cm³/mol. The average Bonchev–Trinajstić information content (AvgIpc) is 3.14. The number of esters is 1. The molecule has 7 heteroatoms. The lowest BCUT2D eigenvalue weighted by Crippen LogP contribution is -2.40. The maximum Gasteiger partial charge on any atom is 0.326 e. The third-order valence-corrected chi connectivity index (χ3v) is 8.99. The van der Waals surface area contributed by atoms with Gasteiger partial charge in [-0.25, -0.2) is 4.79 Å². The van der Waals surface area contributed by atoms with Gasteiger partial charge in [0.05, 0.1) is 0 Å². The number of hydrogen-bond donors (Lipinski definition) is 3. The highest BCUT2D eigenvalue weighted by molar-refractivity contribution is 5.83. The molecule has 0 aliphatic carbocycles. The number of nitrogens with one attached hydrogen (secondary N) is 1. The highest BCUT2D eigenvalue weighted by Gasteiger charge is 2.18. The molecule has 0 saturated heterocycles. The first-order valence-electron chi connectivity index (χ1n) is 21.3. The number of aliphatic carboxylic acids is 1. The second-order valence-corrected chi connectivity index (χ2v) is 14.0. The number of hydrogen-bond acceptors (Lipinski definition) is 5. The predicted octanol–water partition coefficient (Wildman–Crippen LogP) is 11.9. The van der Waals surface area contributed by atoms with Gasteiger partial charge >= 0.3 is 11.9 Å². The summed E-state index contributed by atoms with van der Waals surface area (Å²) in [5, 5.41) is 11.9. The van der Waals surface area contributed by atoms with Crippen LogP contribution >= 0.6 is 0 Å². The molecular weight excluding hydrogens is 661 g/mol. The molecular formula is C46H78N2O5. The molecule has 2 atom stereocenters. The highest BCUT2D eigenvalue weighted by atomic mass is 16.5. The topological polar surface area (TPSA) is 119 Å². The van der Waals surface area contributed by atoms with Crippen molar-refractivity contribution in [2.24, 2.45) is 5.73 Å². The molecule has 0 aromatic rings. The Hall–Kier alpha value is -3.19. The van der Waals surface area contributed by atoms with Gasteiger partial charge in [-0.15, -0.1) is 0 Å². The van der Waals surface area contributed by atoms with Crippen molar-refractivity contribution in [1.29, 1.82) is 0 Å². The Kier molecular flexibility index (Phi) is 37.6. The molecule has 0 radical (unpaired) electrons. The number of carbonyl (C=O) groups excluding carboxylic acids is 2. The summed E-state index contributed by atoms with van der Waals surface area (Å²) in [6.07, 6.45) is 51.0. The zero-order valence-electron chi connectivity index (χ0n) is 33.8. The van der Waals surface area contributed by atoms with Crippen LogP contribution in [0.1, 0.15) is 181 Å². The van der Waals surface area contributed by atoms with Crippen molar-refractivity contribution in [2.45, 2.75) is 193 Å². The lowest BCUT2D eigenvalue weighted by Gasteiger charge is -2.15. The number of carboxylic acids is 1. The fraction of sp³-hybridized carbons (Fsp3) is 0.674. The number of carboxylic acid groups (broad SMARTS) is 1. The monoisotopic (exact) mass is 739 g/mol. The van der Waals surface area contributed by atoms with Crippen LogP contribution in [-0.4, -0.2) is 41.6 Å². The van der Waals surface area contributed by atoms with Crippen molar-refractivity contribution in [3.63, 3.8) is 0 Å². The number of ether oxygens (including phenoxy) is 1. The van der Waals surface area contributed by atoms with Crippen LogP contribution in [0.15, 0.2) is 72.9 Å². The van der Waals surface area contributed by atoms with Crippen molar-refractivity contribution in [3.05, 3.63) is 72.9 Å². The van der Waals surface area contributed by atoms with E-state index in [0.717, 1.165) is 116 Å². The normalized spacial score (nSPS) is 13.4. The largest absolute Gasteiger partial charge is 0.480 e. The highest BCUT2D eigenvalue weighted by Crippen LogP contribution is 2.15. The van der Waals surface area contributed by atoms with Gasteiger partial charge in [0, 0.05) is 12.8 Å². The standard InChI is InChI=1S/C46H78N2O5/c1-3-5-7-9-11-13-14-15-16-17-18-19-20-22-24-30-34-40-45(50)53-42(36-31-27-23-21-12-10-8-6-4-2)37-32-28-25-26-29-33-39-44(49)48-43(46(51)52)38-35-41-47/h5,7,11,13,15-16,18-19,21,23,31,36,42-43H,3-4,6,8-10,12,14,17,20,22,24-30,32-35,37-41,47H2,1-2H3,(H,48,49)(H,51,52)/b7-5-,13-11-,16-15-,19-18-,23-21-,36-31-. The number of carbonyl (C=O) groups is 3. The second kappa shape index (κ2) is 40.0. The van der Waals surface area contributed by atoms with Gasteiger partial charge < -0.3 is 20.9 Å². The molecule has 0 rings (SSSR count). The minimum atomic E-state index is -1.01. The average molecular weight is 739 g/mol. The van der Waals surface area contributed by atoms with Crippen molar-refractivity contribution >= 4 is 17.8 Å². The Morgan fingerprint density at radius 3 is 1.68 bits per heavy atom. The van der Waals surface area contributed by atoms with Crippen LogP contribution in [0.4, 0.5) is 0 Å². The van der Waals surface area contributed by atoms with Crippen LogP contribution in [0.25, 0.3) is 0 Å². The van der Waals surface area contributed by atoms with Crippen LogP contribution in [0, 0.1) is 0 Å². The molecule has 0 spiro atoms. The van der Waals surface area contributed by atoms with Gasteiger partial charge in [0.2, 0.25) is 5.91 Å². The Morgan fingerprint density at radius 1 is 0.585 bits per heavy atom. The van der Waals surface area contributed by atoms with Crippen LogP contribution in [0.2, 0.25) is 0 Å². The van der Waals surface area contributed by atoms with Crippen LogP contribution < -0.4 is 11.1 Å². The molecule has 0 aliphatic heterocycles. The minimum absolute atomic E-state index is 0.100. The molecule has 7 nitrogen and oxygen atoms in total. The van der Waals surface area contributed by atoms with E-state index in [1.807, 2.05) is 0 Å². The van der Waals surface area contributed by atoms with E-state index in [9.17, 15) is 19.5 Å². The SMILES string of the molecule is CC/C=C\C/C=C\C/C=C\C/C=C\CCCCCCC(=O)OC(/C=C\C/C=C\CCCCCC)CCCCCCCCC(=O)NC(CCCN)C(=O)O. The molecule has 1 amide bonds. The molecule has 2 unspecified atom stereocenters. The van der Waals surface area contributed by atoms with Gasteiger partial charge in [-0.1, -0.05) is 138 Å². The first kappa shape index (κ1) is 49.8. The summed E-state index contributed by atoms with van der Waals surface area (Å²) >= 11 is 0. The van der Waals surface area contributed by atoms with Crippen molar-refractivity contribution in [3.8, 4) is 0 Å². The Labute approximate surface area is 324 Å². The lowest BCUT2D eigenvalue weighted by molar-refractivity contribution is -0.147. The second-order valence-electron chi connectivity index (χ2n) is 14.0. The van der Waals surface area contributed by atoms with E-state index in [-0.39, 0.29) is 18.0 Å². The first-order valence-corrected chi connectivity index (χ1v) is 21.3. The molecule has 53 heavy (non-hydrogen) atoms. The minimum Gasteiger partial charge on any atom is -0.480 e. The number of allylic oxidation sites excluding steroid dienone is 11. The molecule has 0 aromatic carbocycles. The third-order valence-electron chi connectivity index (χ3n) is 8.99. The van der Waals surface area contributed by atoms with Crippen molar-refractivity contribution < 1.29 is 24.2 Å². The molecule has 0 aliphatic rings. The fourth-order valence-corrected chi connectivity index (χ4v) is 5.80. The van der Waals surface area contributed by atoms with E-state index >= 15 is 0 Å². The van der Waals surface area contributed by atoms with E-state index < -0.39 is 12.0 Å². The Morgan fingerprint density at radius 2 is 1.09 bits per heavy atom. The number of amides is 1. The van der Waals surface area contributed by atoms with Gasteiger partial charge in [-0.3, -0.25) is 9.59 Å². The summed E-state index contributed by atoms with van der Waals surface area (Å²) < 4.78 is 5.93. The zero-order chi connectivity index (χ0) is 38.9. The molecule has 0 fully saturated rings. The van der Waals surface area contributed by atoms with Crippen LogP contribution in [0.3, 0.4) is 0 Å². The van der Waals surface area contributed by atoms with Gasteiger partial charge in [0.15, 0.2) is 0 Å². The lowest BCUT2D eigenvalue weighted by atomic mass is 10.0. The van der Waals surface area contributed by atoms with Gasteiger partial charge in [0.1, 0.15) is 12.1 Å². The quantitative estimate of drug-likeness (QED) is 0.0332. The smallest absolute Gasteiger partial charge is 0.326 e. The van der Waals surface area contributed by atoms with E-state index in [1.165, 1.54) is 25.7 Å². The van der Waals surface area contributed by atoms with Gasteiger partial charge in [-0.2, -0.15) is 0 Å². The summed E-state index contributed by atoms with van der Waals surface area (Å²) in [5.74, 6) is -1.32. The summed E-state index contributed by atoms with van der Waals surface area (Å²) in [4.78, 5) is 36.2. The summed E-state index contributed by atoms with van der Waals surface area (Å²) in [5.41, 5.74) is 5.47. The maximum absolute atomic E-state index is 12.7. The van der Waals surface area contributed by atoms with Crippen LogP contribution in [-0.2, 0) is 19.1 Å². The zero-order valence-corrected chi connectivity index (χ0v) is 33.8. The molecule has 0 aromatic heterocycles. The van der Waals surface area contributed by atoms with Gasteiger partial charge in [0.25, 0.3) is 0 Å². The molecule has 0 saturated carbocycles.